The fourth-order valence-corrected chi connectivity index (χ4v) is 0.553. The number of carboxylic acid groups (broad SMARTS) is 4. The van der Waals surface area contributed by atoms with Gasteiger partial charge in [0.25, 0.3) is 0 Å². The fraction of sp³-hybridized carbons (Fsp3) is 0.600. The smallest absolute Gasteiger partial charge is 0.317 e. The van der Waals surface area contributed by atoms with Gasteiger partial charge in [0.15, 0.2) is 0 Å². The van der Waals surface area contributed by atoms with Gasteiger partial charge in [-0.15, -0.1) is 0 Å². The predicted molar refractivity (Wildman–Crippen MR) is 70.5 cm³/mol. The lowest BCUT2D eigenvalue weighted by molar-refractivity contribution is -0.139. The van der Waals surface area contributed by atoms with Crippen LogP contribution in [0.5, 0.6) is 0 Å². The predicted octanol–water partition coefficient (Wildman–Crippen LogP) is -3.54. The third kappa shape index (κ3) is 43.1. The van der Waals surface area contributed by atoms with Gasteiger partial charge in [0.05, 0.1) is 39.4 Å². The molecule has 0 amide bonds. The van der Waals surface area contributed by atoms with Crippen molar-refractivity contribution in [3.8, 4) is 0 Å². The Morgan fingerprint density at radius 1 is 0.545 bits per heavy atom. The van der Waals surface area contributed by atoms with Crippen molar-refractivity contribution in [2.45, 2.75) is 0 Å². The van der Waals surface area contributed by atoms with Crippen molar-refractivity contribution in [1.29, 1.82) is 0 Å². The molecule has 12 heteroatoms. The highest BCUT2D eigenvalue weighted by Gasteiger charge is 1.98. The number of carboxylic acids is 4. The molecule has 0 saturated heterocycles. The quantitative estimate of drug-likeness (QED) is 0.206. The highest BCUT2D eigenvalue weighted by Crippen LogP contribution is 1.61. The van der Waals surface area contributed by atoms with E-state index in [1.165, 1.54) is 0 Å². The van der Waals surface area contributed by atoms with E-state index in [9.17, 15) is 19.2 Å². The summed E-state index contributed by atoms with van der Waals surface area (Å²) in [6.45, 7) is -1.50. The van der Waals surface area contributed by atoms with Gasteiger partial charge < -0.3 is 30.6 Å². The van der Waals surface area contributed by atoms with Crippen LogP contribution in [0.15, 0.2) is 0 Å². The van der Waals surface area contributed by atoms with Crippen LogP contribution in [0.1, 0.15) is 0 Å². The van der Waals surface area contributed by atoms with Gasteiger partial charge in [-0.1, -0.05) is 0 Å². The van der Waals surface area contributed by atoms with Crippen molar-refractivity contribution in [3.05, 3.63) is 0 Å². The van der Waals surface area contributed by atoms with Crippen molar-refractivity contribution < 1.29 is 49.8 Å². The normalized spacial score (nSPS) is 8.64. The molecule has 0 aliphatic rings. The van der Waals surface area contributed by atoms with E-state index in [1.807, 2.05) is 0 Å². The topological polar surface area (TPSA) is 214 Å². The number of aliphatic hydroxyl groups excluding tert-OH is 2. The Morgan fingerprint density at radius 3 is 0.818 bits per heavy atom. The number of hydrogen-bond acceptors (Lipinski definition) is 8. The molecule has 130 valence electrons. The molecule has 0 spiro atoms. The van der Waals surface area contributed by atoms with Gasteiger partial charge in [0.1, 0.15) is 0 Å². The lowest BCUT2D eigenvalue weighted by Crippen LogP contribution is -2.27. The largest absolute Gasteiger partial charge is 0.480 e. The summed E-state index contributed by atoms with van der Waals surface area (Å²) in [5.74, 6) is -4.24. The van der Waals surface area contributed by atoms with Crippen molar-refractivity contribution in [1.82, 2.24) is 10.6 Å². The van der Waals surface area contributed by atoms with Crippen LogP contribution in [-0.2, 0) is 19.2 Å². The van der Waals surface area contributed by atoms with Crippen LogP contribution >= 0.6 is 0 Å². The zero-order valence-electron chi connectivity index (χ0n) is 11.6. The summed E-state index contributed by atoms with van der Waals surface area (Å²) in [6.07, 6.45) is 0. The van der Waals surface area contributed by atoms with Crippen LogP contribution in [0.25, 0.3) is 0 Å². The Morgan fingerprint density at radius 2 is 0.727 bits per heavy atom. The first-order valence-electron chi connectivity index (χ1n) is 5.67. The van der Waals surface area contributed by atoms with Gasteiger partial charge in [-0.25, -0.2) is 0 Å². The van der Waals surface area contributed by atoms with Crippen LogP contribution < -0.4 is 10.6 Å². The third-order valence-electron chi connectivity index (χ3n) is 1.20. The lowest BCUT2D eigenvalue weighted by Gasteiger charge is -1.93. The average molecular weight is 328 g/mol. The molecule has 0 aromatic carbocycles. The van der Waals surface area contributed by atoms with E-state index in [1.54, 1.807) is 0 Å². The summed E-state index contributed by atoms with van der Waals surface area (Å²) >= 11 is 0. The zero-order chi connectivity index (χ0) is 18.0. The Labute approximate surface area is 125 Å². The van der Waals surface area contributed by atoms with Gasteiger partial charge in [0.2, 0.25) is 0 Å². The highest BCUT2D eigenvalue weighted by molar-refractivity contribution is 5.72. The maximum Gasteiger partial charge on any atom is 0.317 e. The molecule has 8 N–H and O–H groups in total. The Kier molecular flexibility index (Phi) is 21.0. The molecular weight excluding hydrogens is 308 g/mol. The SMILES string of the molecule is O=C(O)CNCC(=O)O.O=C(O)CNCC(=O)O.OCCO. The molecule has 0 atom stereocenters. The molecule has 0 radical (unpaired) electrons. The van der Waals surface area contributed by atoms with E-state index in [-0.39, 0.29) is 39.4 Å². The molecule has 0 heterocycles. The van der Waals surface area contributed by atoms with Crippen molar-refractivity contribution in [3.63, 3.8) is 0 Å². The van der Waals surface area contributed by atoms with Crippen LogP contribution in [0, 0.1) is 0 Å². The average Bonchev–Trinajstić information content (AvgIpc) is 2.38. The maximum absolute atomic E-state index is 9.73. The van der Waals surface area contributed by atoms with Crippen molar-refractivity contribution in [2.24, 2.45) is 0 Å². The molecule has 0 rings (SSSR count). The number of nitrogens with one attached hydrogen (secondary N) is 2. The molecule has 0 saturated carbocycles. The van der Waals surface area contributed by atoms with E-state index < -0.39 is 23.9 Å². The van der Waals surface area contributed by atoms with Gasteiger partial charge in [-0.2, -0.15) is 0 Å². The Balaban J connectivity index is -0.000000266. The van der Waals surface area contributed by atoms with E-state index in [0.29, 0.717) is 0 Å². The van der Waals surface area contributed by atoms with Crippen LogP contribution in [0.2, 0.25) is 0 Å². The minimum absolute atomic E-state index is 0.125. The van der Waals surface area contributed by atoms with E-state index >= 15 is 0 Å². The van der Waals surface area contributed by atoms with Crippen LogP contribution in [0.3, 0.4) is 0 Å². The third-order valence-corrected chi connectivity index (χ3v) is 1.20. The van der Waals surface area contributed by atoms with E-state index in [0.717, 1.165) is 0 Å². The summed E-state index contributed by atoms with van der Waals surface area (Å²) < 4.78 is 0. The highest BCUT2D eigenvalue weighted by atomic mass is 16.4. The summed E-state index contributed by atoms with van der Waals surface area (Å²) in [5.41, 5.74) is 0. The number of carbonyl (C=O) groups is 4. The first-order chi connectivity index (χ1) is 10.2. The first-order valence-corrected chi connectivity index (χ1v) is 5.67. The van der Waals surface area contributed by atoms with E-state index in [4.69, 9.17) is 30.6 Å². The molecule has 0 bridgehead atoms. The van der Waals surface area contributed by atoms with Crippen molar-refractivity contribution >= 4 is 23.9 Å². The molecule has 12 nitrogen and oxygen atoms in total. The van der Waals surface area contributed by atoms with Gasteiger partial charge in [0, 0.05) is 0 Å². The van der Waals surface area contributed by atoms with E-state index in [2.05, 4.69) is 10.6 Å². The molecule has 0 aromatic heterocycles. The molecule has 22 heavy (non-hydrogen) atoms. The Hall–Kier alpha value is -2.28. The number of rotatable bonds is 9. The Bertz CT molecular complexity index is 274. The molecule has 0 aliphatic carbocycles. The summed E-state index contributed by atoms with van der Waals surface area (Å²) in [7, 11) is 0. The monoisotopic (exact) mass is 328 g/mol. The number of aliphatic carboxylic acids is 4. The standard InChI is InChI=1S/2C4H7NO4.C2H6O2/c2*6-3(7)1-5-2-4(8)9;3-1-2-4/h2*5H,1-2H2,(H,6,7)(H,8,9);3-4H,1-2H2. The zero-order valence-corrected chi connectivity index (χ0v) is 11.6. The van der Waals surface area contributed by atoms with Gasteiger partial charge in [-0.05, 0) is 0 Å². The first kappa shape index (κ1) is 24.7. The van der Waals surface area contributed by atoms with Crippen LogP contribution in [0.4, 0.5) is 0 Å². The van der Waals surface area contributed by atoms with Gasteiger partial charge >= 0.3 is 23.9 Å². The summed E-state index contributed by atoms with van der Waals surface area (Å²) in [4.78, 5) is 38.9. The van der Waals surface area contributed by atoms with Crippen molar-refractivity contribution in [2.75, 3.05) is 39.4 Å². The molecule has 0 aromatic rings. The second-order valence-electron chi connectivity index (χ2n) is 3.23. The maximum atomic E-state index is 9.73. The fourth-order valence-electron chi connectivity index (χ4n) is 0.553. The number of aliphatic hydroxyl groups is 2. The number of hydrogen-bond donors (Lipinski definition) is 8. The molecule has 0 aliphatic heterocycles. The van der Waals surface area contributed by atoms with Crippen LogP contribution in [-0.4, -0.2) is 93.9 Å². The molecule has 0 fully saturated rings. The summed E-state index contributed by atoms with van der Waals surface area (Å²) in [6, 6.07) is 0. The molecular formula is C10H20N2O10. The second kappa shape index (κ2) is 18.7. The summed E-state index contributed by atoms with van der Waals surface area (Å²) in [5, 5.41) is 51.5. The minimum atomic E-state index is -1.06. The second-order valence-corrected chi connectivity index (χ2v) is 3.23. The van der Waals surface area contributed by atoms with Gasteiger partial charge in [-0.3, -0.25) is 29.8 Å². The lowest BCUT2D eigenvalue weighted by atomic mass is 10.6. The molecule has 0 unspecified atom stereocenters. The minimum Gasteiger partial charge on any atom is -0.480 e.